The summed E-state index contributed by atoms with van der Waals surface area (Å²) in [7, 11) is 0. The molecule has 102 valence electrons. The molecule has 1 aliphatic heterocycles. The summed E-state index contributed by atoms with van der Waals surface area (Å²) in [5, 5.41) is 2.78. The average Bonchev–Trinajstić information content (AvgIpc) is 3.05. The number of carbonyl (C=O) groups is 2. The Hall–Kier alpha value is -0.710. The minimum Gasteiger partial charge on any atom is -0.343 e. The lowest BCUT2D eigenvalue weighted by Gasteiger charge is -2.41. The molecule has 0 aromatic carbocycles. The molecule has 0 spiro atoms. The maximum atomic E-state index is 12.3. The summed E-state index contributed by atoms with van der Waals surface area (Å²) in [5.41, 5.74) is 0. The van der Waals surface area contributed by atoms with Gasteiger partial charge in [0.2, 0.25) is 11.8 Å². The zero-order valence-corrected chi connectivity index (χ0v) is 12.3. The molecule has 2 unspecified atom stereocenters. The first-order chi connectivity index (χ1) is 8.40. The van der Waals surface area contributed by atoms with Crippen molar-refractivity contribution in [2.75, 3.05) is 12.8 Å². The highest BCUT2D eigenvalue weighted by molar-refractivity contribution is 8.00. The highest BCUT2D eigenvalue weighted by Crippen LogP contribution is 2.48. The van der Waals surface area contributed by atoms with Gasteiger partial charge in [0.15, 0.2) is 0 Å². The summed E-state index contributed by atoms with van der Waals surface area (Å²) in [5.74, 6) is 0.210. The smallest absolute Gasteiger partial charge is 0.245 e. The van der Waals surface area contributed by atoms with Crippen LogP contribution >= 0.6 is 11.8 Å². The fraction of sp³-hybridized carbons (Fsp3) is 0.846. The van der Waals surface area contributed by atoms with Crippen LogP contribution in [0.1, 0.15) is 33.6 Å². The Morgan fingerprint density at radius 1 is 1.44 bits per heavy atom. The van der Waals surface area contributed by atoms with Crippen LogP contribution in [0.25, 0.3) is 0 Å². The zero-order chi connectivity index (χ0) is 13.5. The monoisotopic (exact) mass is 270 g/mol. The van der Waals surface area contributed by atoms with E-state index in [0.29, 0.717) is 6.54 Å². The van der Waals surface area contributed by atoms with Crippen molar-refractivity contribution in [3.05, 3.63) is 0 Å². The van der Waals surface area contributed by atoms with Gasteiger partial charge in [0.1, 0.15) is 12.1 Å². The second-order valence-electron chi connectivity index (χ2n) is 5.77. The second-order valence-corrected chi connectivity index (χ2v) is 7.05. The van der Waals surface area contributed by atoms with Gasteiger partial charge in [-0.25, -0.2) is 0 Å². The van der Waals surface area contributed by atoms with E-state index < -0.39 is 0 Å². The highest BCUT2D eigenvalue weighted by Gasteiger charge is 2.49. The normalized spacial score (nSPS) is 30.6. The van der Waals surface area contributed by atoms with Crippen molar-refractivity contribution >= 4 is 23.6 Å². The van der Waals surface area contributed by atoms with Gasteiger partial charge in [-0.3, -0.25) is 9.59 Å². The van der Waals surface area contributed by atoms with Crippen LogP contribution in [-0.4, -0.2) is 46.3 Å². The largest absolute Gasteiger partial charge is 0.343 e. The number of rotatable bonds is 4. The molecule has 1 heterocycles. The highest BCUT2D eigenvalue weighted by atomic mass is 32.2. The van der Waals surface area contributed by atoms with Gasteiger partial charge in [-0.2, -0.15) is 11.8 Å². The van der Waals surface area contributed by atoms with E-state index in [4.69, 9.17) is 0 Å². The molecule has 2 aliphatic rings. The molecule has 2 fully saturated rings. The van der Waals surface area contributed by atoms with Gasteiger partial charge in [0.25, 0.3) is 0 Å². The molecule has 4 nitrogen and oxygen atoms in total. The third kappa shape index (κ3) is 2.37. The van der Waals surface area contributed by atoms with Crippen molar-refractivity contribution < 1.29 is 9.59 Å². The number of nitrogens with zero attached hydrogens (tertiary/aromatic N) is 1. The SMILES string of the molecule is CSC1(CN2C(=O)C(C)NC(=O)C2C(C)C)CC1. The predicted molar refractivity (Wildman–Crippen MR) is 73.4 cm³/mol. The van der Waals surface area contributed by atoms with Gasteiger partial charge in [0.05, 0.1) is 0 Å². The summed E-state index contributed by atoms with van der Waals surface area (Å²) in [4.78, 5) is 26.2. The van der Waals surface area contributed by atoms with Gasteiger partial charge in [-0.15, -0.1) is 0 Å². The van der Waals surface area contributed by atoms with Crippen molar-refractivity contribution in [2.45, 2.75) is 50.4 Å². The van der Waals surface area contributed by atoms with Crippen LogP contribution in [0, 0.1) is 5.92 Å². The van der Waals surface area contributed by atoms with Crippen LogP contribution in [-0.2, 0) is 9.59 Å². The standard InChI is InChI=1S/C13H22N2O2S/c1-8(2)10-11(16)14-9(3)12(17)15(10)7-13(18-4)5-6-13/h8-10H,5-7H2,1-4H3,(H,14,16). The molecule has 1 N–H and O–H groups in total. The lowest BCUT2D eigenvalue weighted by Crippen LogP contribution is -2.65. The zero-order valence-electron chi connectivity index (χ0n) is 11.5. The fourth-order valence-corrected chi connectivity index (χ4v) is 3.38. The van der Waals surface area contributed by atoms with Gasteiger partial charge < -0.3 is 10.2 Å². The first-order valence-electron chi connectivity index (χ1n) is 6.56. The van der Waals surface area contributed by atoms with Gasteiger partial charge in [-0.1, -0.05) is 13.8 Å². The summed E-state index contributed by atoms with van der Waals surface area (Å²) < 4.78 is 0.208. The Morgan fingerprint density at radius 3 is 2.50 bits per heavy atom. The summed E-state index contributed by atoms with van der Waals surface area (Å²) in [6.07, 6.45) is 4.40. The van der Waals surface area contributed by atoms with E-state index in [2.05, 4.69) is 11.6 Å². The number of hydrogen-bond acceptors (Lipinski definition) is 3. The Balaban J connectivity index is 2.20. The lowest BCUT2D eigenvalue weighted by molar-refractivity contribution is -0.150. The molecule has 2 atom stereocenters. The molecular weight excluding hydrogens is 248 g/mol. The Kier molecular flexibility index (Phi) is 3.63. The first kappa shape index (κ1) is 13.7. The fourth-order valence-electron chi connectivity index (χ4n) is 2.60. The quantitative estimate of drug-likeness (QED) is 0.836. The van der Waals surface area contributed by atoms with Crippen molar-refractivity contribution in [3.8, 4) is 0 Å². The minimum absolute atomic E-state index is 0.00555. The molecule has 1 aliphatic carbocycles. The van der Waals surface area contributed by atoms with E-state index in [-0.39, 0.29) is 34.6 Å². The van der Waals surface area contributed by atoms with Crippen LogP contribution in [0.5, 0.6) is 0 Å². The van der Waals surface area contributed by atoms with E-state index in [1.54, 1.807) is 6.92 Å². The van der Waals surface area contributed by atoms with Crippen LogP contribution in [0.4, 0.5) is 0 Å². The number of amides is 2. The van der Waals surface area contributed by atoms with E-state index in [9.17, 15) is 9.59 Å². The number of nitrogens with one attached hydrogen (secondary N) is 1. The molecule has 2 rings (SSSR count). The molecule has 0 bridgehead atoms. The van der Waals surface area contributed by atoms with Crippen molar-refractivity contribution in [3.63, 3.8) is 0 Å². The number of thioether (sulfide) groups is 1. The van der Waals surface area contributed by atoms with Crippen LogP contribution in [0.3, 0.4) is 0 Å². The molecule has 5 heteroatoms. The topological polar surface area (TPSA) is 49.4 Å². The predicted octanol–water partition coefficient (Wildman–Crippen LogP) is 1.25. The summed E-state index contributed by atoms with van der Waals surface area (Å²) >= 11 is 1.82. The maximum Gasteiger partial charge on any atom is 0.245 e. The maximum absolute atomic E-state index is 12.3. The summed E-state index contributed by atoms with van der Waals surface area (Å²) in [6.45, 7) is 6.48. The Morgan fingerprint density at radius 2 is 2.06 bits per heavy atom. The number of carbonyl (C=O) groups excluding carboxylic acids is 2. The number of piperazine rings is 1. The molecule has 0 aromatic heterocycles. The number of hydrogen-bond donors (Lipinski definition) is 1. The molecule has 1 saturated heterocycles. The van der Waals surface area contributed by atoms with E-state index >= 15 is 0 Å². The minimum atomic E-state index is -0.384. The Labute approximate surface area is 113 Å². The van der Waals surface area contributed by atoms with Crippen molar-refractivity contribution in [1.82, 2.24) is 10.2 Å². The third-order valence-corrected chi connectivity index (χ3v) is 5.35. The van der Waals surface area contributed by atoms with Gasteiger partial charge in [0, 0.05) is 11.3 Å². The van der Waals surface area contributed by atoms with Gasteiger partial charge >= 0.3 is 0 Å². The molecular formula is C13H22N2O2S. The van der Waals surface area contributed by atoms with Crippen molar-refractivity contribution in [1.29, 1.82) is 0 Å². The van der Waals surface area contributed by atoms with Crippen LogP contribution < -0.4 is 5.32 Å². The van der Waals surface area contributed by atoms with Crippen LogP contribution in [0.15, 0.2) is 0 Å². The molecule has 1 saturated carbocycles. The van der Waals surface area contributed by atoms with Crippen molar-refractivity contribution in [2.24, 2.45) is 5.92 Å². The van der Waals surface area contributed by atoms with Gasteiger partial charge in [-0.05, 0) is 31.9 Å². The average molecular weight is 270 g/mol. The summed E-state index contributed by atoms with van der Waals surface area (Å²) in [6, 6.07) is -0.691. The lowest BCUT2D eigenvalue weighted by atomic mass is 9.97. The molecule has 2 amide bonds. The first-order valence-corrected chi connectivity index (χ1v) is 7.79. The van der Waals surface area contributed by atoms with Crippen LogP contribution in [0.2, 0.25) is 0 Å². The van der Waals surface area contributed by atoms with E-state index in [1.165, 1.54) is 0 Å². The molecule has 0 aromatic rings. The second kappa shape index (κ2) is 4.76. The Bertz CT molecular complexity index is 366. The van der Waals surface area contributed by atoms with E-state index in [1.807, 2.05) is 30.5 Å². The molecule has 0 radical (unpaired) electrons. The van der Waals surface area contributed by atoms with E-state index in [0.717, 1.165) is 12.8 Å². The molecule has 18 heavy (non-hydrogen) atoms. The third-order valence-electron chi connectivity index (χ3n) is 3.95.